The molecule has 0 spiro atoms. The fraction of sp³-hybridized carbons (Fsp3) is 0.600. The van der Waals surface area contributed by atoms with E-state index < -0.39 is 15.8 Å². The maximum absolute atomic E-state index is 13.4. The fourth-order valence-electron chi connectivity index (χ4n) is 3.03. The second-order valence-electron chi connectivity index (χ2n) is 5.63. The third-order valence-corrected chi connectivity index (χ3v) is 6.14. The van der Waals surface area contributed by atoms with Crippen LogP contribution in [0.1, 0.15) is 30.9 Å². The molecular weight excluding hydrogens is 327 g/mol. The fourth-order valence-corrected chi connectivity index (χ4v) is 5.19. The van der Waals surface area contributed by atoms with Crippen molar-refractivity contribution < 1.29 is 12.8 Å². The molecule has 0 amide bonds. The summed E-state index contributed by atoms with van der Waals surface area (Å²) in [5, 5.41) is 3.21. The predicted octanol–water partition coefficient (Wildman–Crippen LogP) is 2.63. The van der Waals surface area contributed by atoms with Gasteiger partial charge in [0.1, 0.15) is 5.82 Å². The lowest BCUT2D eigenvalue weighted by atomic mass is 10.1. The Balaban J connectivity index is 0.00000242. The molecule has 0 radical (unpaired) electrons. The van der Waals surface area contributed by atoms with E-state index in [4.69, 9.17) is 0 Å². The van der Waals surface area contributed by atoms with Crippen LogP contribution in [-0.2, 0) is 10.0 Å². The summed E-state index contributed by atoms with van der Waals surface area (Å²) in [6.45, 7) is 7.28. The van der Waals surface area contributed by atoms with Gasteiger partial charge < -0.3 is 5.32 Å². The van der Waals surface area contributed by atoms with E-state index in [-0.39, 0.29) is 23.3 Å². The molecule has 1 aromatic rings. The molecule has 1 aliphatic rings. The summed E-state index contributed by atoms with van der Waals surface area (Å²) in [7, 11) is -3.60. The molecule has 1 heterocycles. The SMILES string of the molecule is CCCN(C1CCNC1)S(=O)(=O)c1c(C)cc(F)cc1C.Cl. The zero-order chi connectivity index (χ0) is 15.6. The number of halogens is 2. The summed E-state index contributed by atoms with van der Waals surface area (Å²) in [6, 6.07) is 2.56. The van der Waals surface area contributed by atoms with E-state index in [1.54, 1.807) is 18.2 Å². The molecule has 2 rings (SSSR count). The lowest BCUT2D eigenvalue weighted by Crippen LogP contribution is -2.42. The first-order chi connectivity index (χ1) is 9.87. The maximum atomic E-state index is 13.4. The van der Waals surface area contributed by atoms with Crippen LogP contribution in [0, 0.1) is 19.7 Å². The van der Waals surface area contributed by atoms with Crippen molar-refractivity contribution in [3.8, 4) is 0 Å². The highest BCUT2D eigenvalue weighted by Gasteiger charge is 2.34. The number of aryl methyl sites for hydroxylation is 2. The first-order valence-electron chi connectivity index (χ1n) is 7.37. The van der Waals surface area contributed by atoms with E-state index in [9.17, 15) is 12.8 Å². The molecule has 4 nitrogen and oxygen atoms in total. The second kappa shape index (κ2) is 7.73. The van der Waals surface area contributed by atoms with E-state index in [0.717, 1.165) is 19.4 Å². The summed E-state index contributed by atoms with van der Waals surface area (Å²) in [5.74, 6) is -0.395. The summed E-state index contributed by atoms with van der Waals surface area (Å²) < 4.78 is 41.1. The van der Waals surface area contributed by atoms with Gasteiger partial charge in [0.2, 0.25) is 10.0 Å². The Labute approximate surface area is 138 Å². The van der Waals surface area contributed by atoms with Gasteiger partial charge in [0.25, 0.3) is 0 Å². The van der Waals surface area contributed by atoms with Gasteiger partial charge in [-0.3, -0.25) is 0 Å². The van der Waals surface area contributed by atoms with Gasteiger partial charge in [-0.25, -0.2) is 12.8 Å². The minimum absolute atomic E-state index is 0. The average molecular weight is 351 g/mol. The van der Waals surface area contributed by atoms with Crippen LogP contribution in [-0.4, -0.2) is 38.4 Å². The molecule has 1 fully saturated rings. The predicted molar refractivity (Wildman–Crippen MR) is 88.6 cm³/mol. The largest absolute Gasteiger partial charge is 0.315 e. The molecule has 1 N–H and O–H groups in total. The number of nitrogens with zero attached hydrogens (tertiary/aromatic N) is 1. The van der Waals surface area contributed by atoms with Crippen LogP contribution in [0.5, 0.6) is 0 Å². The van der Waals surface area contributed by atoms with Crippen LogP contribution in [0.25, 0.3) is 0 Å². The number of hydrogen-bond acceptors (Lipinski definition) is 3. The Morgan fingerprint density at radius 3 is 2.36 bits per heavy atom. The highest BCUT2D eigenvalue weighted by atomic mass is 35.5. The van der Waals surface area contributed by atoms with E-state index >= 15 is 0 Å². The van der Waals surface area contributed by atoms with Gasteiger partial charge in [0.15, 0.2) is 0 Å². The Kier molecular flexibility index (Phi) is 6.80. The minimum Gasteiger partial charge on any atom is -0.315 e. The van der Waals surface area contributed by atoms with E-state index in [0.29, 0.717) is 24.2 Å². The number of benzene rings is 1. The van der Waals surface area contributed by atoms with Gasteiger partial charge in [-0.1, -0.05) is 6.92 Å². The number of rotatable bonds is 5. The van der Waals surface area contributed by atoms with Gasteiger partial charge in [0, 0.05) is 19.1 Å². The highest BCUT2D eigenvalue weighted by Crippen LogP contribution is 2.27. The summed E-state index contributed by atoms with van der Waals surface area (Å²) >= 11 is 0. The molecule has 0 bridgehead atoms. The Hall–Kier alpha value is -0.690. The second-order valence-corrected chi connectivity index (χ2v) is 7.46. The molecular formula is C15H24ClFN2O2S. The Morgan fingerprint density at radius 1 is 1.32 bits per heavy atom. The van der Waals surface area contributed by atoms with Gasteiger partial charge in [0.05, 0.1) is 4.90 Å². The Morgan fingerprint density at radius 2 is 1.91 bits per heavy atom. The third-order valence-electron chi connectivity index (χ3n) is 3.88. The minimum atomic E-state index is -3.60. The monoisotopic (exact) mass is 350 g/mol. The smallest absolute Gasteiger partial charge is 0.243 e. The number of nitrogens with one attached hydrogen (secondary N) is 1. The van der Waals surface area contributed by atoms with Crippen LogP contribution in [0.15, 0.2) is 17.0 Å². The van der Waals surface area contributed by atoms with Gasteiger partial charge >= 0.3 is 0 Å². The topological polar surface area (TPSA) is 49.4 Å². The van der Waals surface area contributed by atoms with Crippen LogP contribution < -0.4 is 5.32 Å². The molecule has 126 valence electrons. The quantitative estimate of drug-likeness (QED) is 0.888. The van der Waals surface area contributed by atoms with Crippen molar-refractivity contribution in [3.63, 3.8) is 0 Å². The third kappa shape index (κ3) is 3.79. The first-order valence-corrected chi connectivity index (χ1v) is 8.81. The zero-order valence-electron chi connectivity index (χ0n) is 13.2. The van der Waals surface area contributed by atoms with Crippen molar-refractivity contribution in [3.05, 3.63) is 29.1 Å². The molecule has 1 saturated heterocycles. The zero-order valence-corrected chi connectivity index (χ0v) is 14.9. The van der Waals surface area contributed by atoms with E-state index in [1.807, 2.05) is 6.92 Å². The van der Waals surface area contributed by atoms with Gasteiger partial charge in [-0.15, -0.1) is 12.4 Å². The van der Waals surface area contributed by atoms with Crippen LogP contribution >= 0.6 is 12.4 Å². The molecule has 22 heavy (non-hydrogen) atoms. The lowest BCUT2D eigenvalue weighted by molar-refractivity contribution is 0.334. The molecule has 0 aliphatic carbocycles. The molecule has 7 heteroatoms. The van der Waals surface area contributed by atoms with Gasteiger partial charge in [-0.2, -0.15) is 4.31 Å². The van der Waals surface area contributed by atoms with Crippen molar-refractivity contribution in [1.29, 1.82) is 0 Å². The molecule has 0 aromatic heterocycles. The summed E-state index contributed by atoms with van der Waals surface area (Å²) in [5.41, 5.74) is 0.944. The molecule has 1 atom stereocenters. The van der Waals surface area contributed by atoms with Crippen molar-refractivity contribution in [2.24, 2.45) is 0 Å². The van der Waals surface area contributed by atoms with Crippen LogP contribution in [0.3, 0.4) is 0 Å². The normalized spacial score (nSPS) is 18.5. The molecule has 1 aliphatic heterocycles. The van der Waals surface area contributed by atoms with Crippen molar-refractivity contribution >= 4 is 22.4 Å². The standard InChI is InChI=1S/C15H23FN2O2S.ClH/c1-4-7-18(14-5-6-17-10-14)21(19,20)15-11(2)8-13(16)9-12(15)3;/h8-9,14,17H,4-7,10H2,1-3H3;1H. The van der Waals surface area contributed by atoms with E-state index in [2.05, 4.69) is 5.32 Å². The van der Waals surface area contributed by atoms with Crippen LogP contribution in [0.4, 0.5) is 4.39 Å². The average Bonchev–Trinajstić information content (AvgIpc) is 2.87. The molecule has 1 unspecified atom stereocenters. The van der Waals surface area contributed by atoms with Crippen molar-refractivity contribution in [2.45, 2.75) is 44.6 Å². The van der Waals surface area contributed by atoms with Crippen molar-refractivity contribution in [1.82, 2.24) is 9.62 Å². The molecule has 1 aromatic carbocycles. The first kappa shape index (κ1) is 19.4. The molecule has 0 saturated carbocycles. The maximum Gasteiger partial charge on any atom is 0.243 e. The Bertz CT molecular complexity index is 593. The number of hydrogen-bond donors (Lipinski definition) is 1. The van der Waals surface area contributed by atoms with Gasteiger partial charge in [-0.05, 0) is 56.5 Å². The number of sulfonamides is 1. The van der Waals surface area contributed by atoms with E-state index in [1.165, 1.54) is 12.1 Å². The lowest BCUT2D eigenvalue weighted by Gasteiger charge is -2.28. The summed E-state index contributed by atoms with van der Waals surface area (Å²) in [4.78, 5) is 0.254. The highest BCUT2D eigenvalue weighted by molar-refractivity contribution is 7.89. The van der Waals surface area contributed by atoms with Crippen LogP contribution in [0.2, 0.25) is 0 Å². The van der Waals surface area contributed by atoms with Crippen molar-refractivity contribution in [2.75, 3.05) is 19.6 Å². The summed E-state index contributed by atoms with van der Waals surface area (Å²) in [6.07, 6.45) is 1.58.